The fourth-order valence-electron chi connectivity index (χ4n) is 2.69. The van der Waals surface area contributed by atoms with Gasteiger partial charge in [-0.3, -0.25) is 0 Å². The van der Waals surface area contributed by atoms with Crippen molar-refractivity contribution in [3.8, 4) is 11.5 Å². The second-order valence-electron chi connectivity index (χ2n) is 6.35. The van der Waals surface area contributed by atoms with Crippen molar-refractivity contribution >= 4 is 75.2 Å². The maximum atomic E-state index is 6.23. The number of hydrazone groups is 1. The summed E-state index contributed by atoms with van der Waals surface area (Å²) in [5, 5.41) is 6.57. The molecule has 0 heterocycles. The molecule has 0 amide bonds. The molecule has 0 bridgehead atoms. The van der Waals surface area contributed by atoms with Crippen LogP contribution in [-0.4, -0.2) is 13.3 Å². The molecular formula is C22H17Cl4IN2O2. The van der Waals surface area contributed by atoms with Crippen molar-refractivity contribution in [2.45, 2.75) is 13.2 Å². The van der Waals surface area contributed by atoms with Gasteiger partial charge in [0.05, 0.1) is 23.4 Å². The number of hydrogen-bond donors (Lipinski definition) is 1. The molecule has 0 saturated carbocycles. The van der Waals surface area contributed by atoms with Crippen LogP contribution in [0.15, 0.2) is 53.6 Å². The summed E-state index contributed by atoms with van der Waals surface area (Å²) < 4.78 is 12.4. The fourth-order valence-corrected chi connectivity index (χ4v) is 4.46. The monoisotopic (exact) mass is 608 g/mol. The zero-order valence-corrected chi connectivity index (χ0v) is 21.4. The molecule has 9 heteroatoms. The molecule has 31 heavy (non-hydrogen) atoms. The highest BCUT2D eigenvalue weighted by Crippen LogP contribution is 2.35. The standard InChI is InChI=1S/C22H17Cl4IN2O2/c1-30-21-8-13(10-28-29-11-16-17(24)3-2-4-18(16)25)7-20(27)22(21)31-12-14-5-6-15(23)9-19(14)26/h2-10,29H,11-12H2,1H3/b28-10-. The second-order valence-corrected chi connectivity index (χ2v) is 9.17. The molecule has 0 aliphatic rings. The Labute approximate surface area is 214 Å². The number of methoxy groups -OCH3 is 1. The summed E-state index contributed by atoms with van der Waals surface area (Å²) in [6.07, 6.45) is 1.69. The SMILES string of the molecule is COc1cc(/C=N\NCc2c(Cl)cccc2Cl)cc(I)c1OCc1ccc(Cl)cc1Cl. The molecule has 0 unspecified atom stereocenters. The van der Waals surface area contributed by atoms with Crippen molar-refractivity contribution in [1.29, 1.82) is 0 Å². The Bertz CT molecular complexity index is 1090. The number of benzene rings is 3. The van der Waals surface area contributed by atoms with Crippen LogP contribution in [0.25, 0.3) is 0 Å². The van der Waals surface area contributed by atoms with Gasteiger partial charge in [0.2, 0.25) is 0 Å². The van der Waals surface area contributed by atoms with Crippen LogP contribution >= 0.6 is 69.0 Å². The Hall–Kier alpha value is -1.38. The maximum absolute atomic E-state index is 6.23. The van der Waals surface area contributed by atoms with Gasteiger partial charge in [-0.15, -0.1) is 0 Å². The highest BCUT2D eigenvalue weighted by molar-refractivity contribution is 14.1. The first-order valence-electron chi connectivity index (χ1n) is 9.02. The van der Waals surface area contributed by atoms with Gasteiger partial charge in [0.25, 0.3) is 0 Å². The number of rotatable bonds is 8. The summed E-state index contributed by atoms with van der Waals surface area (Å²) in [4.78, 5) is 0. The van der Waals surface area contributed by atoms with Crippen LogP contribution < -0.4 is 14.9 Å². The first-order chi connectivity index (χ1) is 14.9. The van der Waals surface area contributed by atoms with E-state index in [1.54, 1.807) is 43.7 Å². The lowest BCUT2D eigenvalue weighted by Gasteiger charge is -2.14. The van der Waals surface area contributed by atoms with E-state index in [4.69, 9.17) is 55.9 Å². The van der Waals surface area contributed by atoms with Crippen LogP contribution in [0.1, 0.15) is 16.7 Å². The van der Waals surface area contributed by atoms with Crippen LogP contribution in [0.2, 0.25) is 20.1 Å². The first kappa shape index (κ1) is 24.3. The van der Waals surface area contributed by atoms with E-state index in [0.29, 0.717) is 38.1 Å². The zero-order valence-electron chi connectivity index (χ0n) is 16.3. The quantitative estimate of drug-likeness (QED) is 0.162. The molecule has 1 N–H and O–H groups in total. The maximum Gasteiger partial charge on any atom is 0.174 e. The molecule has 0 atom stereocenters. The van der Waals surface area contributed by atoms with E-state index in [1.807, 2.05) is 18.2 Å². The van der Waals surface area contributed by atoms with Crippen LogP contribution in [0.4, 0.5) is 0 Å². The molecule has 0 aliphatic heterocycles. The van der Waals surface area contributed by atoms with Crippen LogP contribution in [-0.2, 0) is 13.2 Å². The van der Waals surface area contributed by atoms with Crippen molar-refractivity contribution < 1.29 is 9.47 Å². The van der Waals surface area contributed by atoms with E-state index in [-0.39, 0.29) is 6.61 Å². The minimum absolute atomic E-state index is 0.288. The van der Waals surface area contributed by atoms with Crippen LogP contribution in [0.3, 0.4) is 0 Å². The molecular weight excluding hydrogens is 593 g/mol. The van der Waals surface area contributed by atoms with Gasteiger partial charge in [0, 0.05) is 31.2 Å². The predicted molar refractivity (Wildman–Crippen MR) is 137 cm³/mol. The van der Waals surface area contributed by atoms with Gasteiger partial charge in [-0.05, 0) is 64.6 Å². The van der Waals surface area contributed by atoms with Gasteiger partial charge in [-0.25, -0.2) is 0 Å². The first-order valence-corrected chi connectivity index (χ1v) is 11.6. The Balaban J connectivity index is 1.69. The van der Waals surface area contributed by atoms with Crippen LogP contribution in [0.5, 0.6) is 11.5 Å². The van der Waals surface area contributed by atoms with E-state index in [9.17, 15) is 0 Å². The number of ether oxygens (including phenoxy) is 2. The molecule has 3 aromatic carbocycles. The van der Waals surface area contributed by atoms with Crippen molar-refractivity contribution in [3.63, 3.8) is 0 Å². The highest BCUT2D eigenvalue weighted by Gasteiger charge is 2.13. The summed E-state index contributed by atoms with van der Waals surface area (Å²) in [5.41, 5.74) is 5.43. The van der Waals surface area contributed by atoms with Gasteiger partial charge in [0.1, 0.15) is 6.61 Å². The van der Waals surface area contributed by atoms with E-state index < -0.39 is 0 Å². The van der Waals surface area contributed by atoms with Crippen molar-refractivity contribution in [2.24, 2.45) is 5.10 Å². The highest BCUT2D eigenvalue weighted by atomic mass is 127. The second kappa shape index (κ2) is 11.5. The lowest BCUT2D eigenvalue weighted by Crippen LogP contribution is -2.07. The lowest BCUT2D eigenvalue weighted by atomic mass is 10.2. The minimum atomic E-state index is 0.288. The Morgan fingerprint density at radius 2 is 1.74 bits per heavy atom. The Kier molecular flexibility index (Phi) is 8.98. The largest absolute Gasteiger partial charge is 0.493 e. The summed E-state index contributed by atoms with van der Waals surface area (Å²) in [5.74, 6) is 1.22. The third kappa shape index (κ3) is 6.56. The van der Waals surface area contributed by atoms with Gasteiger partial charge in [-0.1, -0.05) is 58.5 Å². The molecule has 4 nitrogen and oxygen atoms in total. The molecule has 0 aliphatic carbocycles. The molecule has 0 radical (unpaired) electrons. The summed E-state index contributed by atoms with van der Waals surface area (Å²) in [7, 11) is 1.59. The smallest absolute Gasteiger partial charge is 0.174 e. The topological polar surface area (TPSA) is 42.8 Å². The number of nitrogens with zero attached hydrogens (tertiary/aromatic N) is 1. The van der Waals surface area contributed by atoms with Gasteiger partial charge in [0.15, 0.2) is 11.5 Å². The Morgan fingerprint density at radius 3 is 2.42 bits per heavy atom. The van der Waals surface area contributed by atoms with Gasteiger partial charge in [-0.2, -0.15) is 5.10 Å². The van der Waals surface area contributed by atoms with E-state index in [1.165, 1.54) is 0 Å². The van der Waals surface area contributed by atoms with Gasteiger partial charge < -0.3 is 14.9 Å². The fraction of sp³-hybridized carbons (Fsp3) is 0.136. The number of halogens is 5. The molecule has 3 aromatic rings. The van der Waals surface area contributed by atoms with Crippen molar-refractivity contribution in [1.82, 2.24) is 5.43 Å². The Morgan fingerprint density at radius 1 is 1.00 bits per heavy atom. The average molecular weight is 610 g/mol. The molecule has 0 spiro atoms. The molecule has 3 rings (SSSR count). The molecule has 0 fully saturated rings. The summed E-state index contributed by atoms with van der Waals surface area (Å²) in [6, 6.07) is 14.5. The summed E-state index contributed by atoms with van der Waals surface area (Å²) >= 11 is 26.7. The number of hydrogen-bond acceptors (Lipinski definition) is 4. The van der Waals surface area contributed by atoms with Crippen molar-refractivity contribution in [2.75, 3.05) is 7.11 Å². The molecule has 162 valence electrons. The average Bonchev–Trinajstić information content (AvgIpc) is 2.73. The van der Waals surface area contributed by atoms with Crippen LogP contribution in [0, 0.1) is 3.57 Å². The zero-order chi connectivity index (χ0) is 22.4. The van der Waals surface area contributed by atoms with E-state index >= 15 is 0 Å². The molecule has 0 saturated heterocycles. The van der Waals surface area contributed by atoms with Crippen molar-refractivity contribution in [3.05, 3.63) is 88.9 Å². The summed E-state index contributed by atoms with van der Waals surface area (Å²) in [6.45, 7) is 0.697. The molecule has 0 aromatic heterocycles. The lowest BCUT2D eigenvalue weighted by molar-refractivity contribution is 0.282. The van der Waals surface area contributed by atoms with E-state index in [2.05, 4.69) is 33.1 Å². The third-order valence-electron chi connectivity index (χ3n) is 4.26. The number of nitrogens with one attached hydrogen (secondary N) is 1. The normalized spacial score (nSPS) is 11.0. The van der Waals surface area contributed by atoms with Gasteiger partial charge >= 0.3 is 0 Å². The minimum Gasteiger partial charge on any atom is -0.493 e. The third-order valence-corrected chi connectivity index (χ3v) is 6.36. The predicted octanol–water partition coefficient (Wildman–Crippen LogP) is 7.62. The van der Waals surface area contributed by atoms with E-state index in [0.717, 1.165) is 20.3 Å².